The van der Waals surface area contributed by atoms with Crippen molar-refractivity contribution in [1.29, 1.82) is 0 Å². The van der Waals surface area contributed by atoms with E-state index < -0.39 is 0 Å². The molecule has 1 aliphatic rings. The average molecular weight is 226 g/mol. The Morgan fingerprint density at radius 3 is 2.06 bits per heavy atom. The number of hydrogen-bond acceptors (Lipinski definition) is 2. The molecule has 1 rings (SSSR count). The van der Waals surface area contributed by atoms with Crippen molar-refractivity contribution >= 4 is 11.8 Å². The Hall–Kier alpha value is -1.06. The lowest BCUT2D eigenvalue weighted by Crippen LogP contribution is -2.36. The first-order chi connectivity index (χ1) is 7.45. The van der Waals surface area contributed by atoms with Crippen LogP contribution in [-0.2, 0) is 9.59 Å². The molecule has 4 heteroatoms. The maximum atomic E-state index is 11.7. The van der Waals surface area contributed by atoms with Gasteiger partial charge in [-0.1, -0.05) is 6.92 Å². The highest BCUT2D eigenvalue weighted by molar-refractivity contribution is 5.92. The van der Waals surface area contributed by atoms with Crippen LogP contribution < -0.4 is 10.6 Å². The average Bonchev–Trinajstić information content (AvgIpc) is 2.95. The van der Waals surface area contributed by atoms with Crippen LogP contribution >= 0.6 is 0 Å². The maximum Gasteiger partial charge on any atom is 0.224 e. The van der Waals surface area contributed by atoms with Crippen molar-refractivity contribution in [2.75, 3.05) is 0 Å². The van der Waals surface area contributed by atoms with E-state index in [-0.39, 0.29) is 35.7 Å². The van der Waals surface area contributed by atoms with E-state index in [1.54, 1.807) is 0 Å². The molecule has 0 saturated heterocycles. The minimum Gasteiger partial charge on any atom is -0.354 e. The van der Waals surface area contributed by atoms with Gasteiger partial charge in [-0.15, -0.1) is 0 Å². The lowest BCUT2D eigenvalue weighted by molar-refractivity contribution is -0.127. The third-order valence-electron chi connectivity index (χ3n) is 2.90. The predicted molar refractivity (Wildman–Crippen MR) is 62.8 cm³/mol. The third kappa shape index (κ3) is 3.51. The van der Waals surface area contributed by atoms with Gasteiger partial charge in [-0.05, 0) is 33.6 Å². The summed E-state index contributed by atoms with van der Waals surface area (Å²) in [6.45, 7) is 7.85. The normalized spacial score (nSPS) is 25.1. The fourth-order valence-electron chi connectivity index (χ4n) is 1.62. The number of carbonyl (C=O) groups is 2. The van der Waals surface area contributed by atoms with E-state index in [0.29, 0.717) is 6.42 Å². The molecule has 2 N–H and O–H groups in total. The van der Waals surface area contributed by atoms with Crippen molar-refractivity contribution in [3.63, 3.8) is 0 Å². The Kier molecular flexibility index (Phi) is 4.33. The first-order valence-corrected chi connectivity index (χ1v) is 6.06. The van der Waals surface area contributed by atoms with E-state index in [1.165, 1.54) is 0 Å². The van der Waals surface area contributed by atoms with Crippen LogP contribution in [0.2, 0.25) is 0 Å². The molecule has 16 heavy (non-hydrogen) atoms. The van der Waals surface area contributed by atoms with E-state index in [4.69, 9.17) is 0 Å². The summed E-state index contributed by atoms with van der Waals surface area (Å²) in [5.41, 5.74) is 0. The van der Waals surface area contributed by atoms with Crippen molar-refractivity contribution in [2.45, 2.75) is 52.6 Å². The van der Waals surface area contributed by atoms with Crippen LogP contribution in [0.4, 0.5) is 0 Å². The molecule has 1 fully saturated rings. The van der Waals surface area contributed by atoms with Gasteiger partial charge in [-0.2, -0.15) is 0 Å². The van der Waals surface area contributed by atoms with Crippen LogP contribution in [0.1, 0.15) is 40.5 Å². The molecule has 0 aromatic carbocycles. The Morgan fingerprint density at radius 1 is 1.12 bits per heavy atom. The maximum absolute atomic E-state index is 11.7. The smallest absolute Gasteiger partial charge is 0.224 e. The van der Waals surface area contributed by atoms with Crippen molar-refractivity contribution < 1.29 is 9.59 Å². The summed E-state index contributed by atoms with van der Waals surface area (Å²) in [6, 6.07) is 0.341. The van der Waals surface area contributed by atoms with Gasteiger partial charge < -0.3 is 10.6 Å². The van der Waals surface area contributed by atoms with Gasteiger partial charge in [-0.25, -0.2) is 0 Å². The fraction of sp³-hybridized carbons (Fsp3) is 0.833. The van der Waals surface area contributed by atoms with Gasteiger partial charge in [0.25, 0.3) is 0 Å². The number of rotatable bonds is 5. The summed E-state index contributed by atoms with van der Waals surface area (Å²) in [5, 5.41) is 5.75. The molecular formula is C12H22N2O2. The fourth-order valence-corrected chi connectivity index (χ4v) is 1.62. The first kappa shape index (κ1) is 13.0. The van der Waals surface area contributed by atoms with E-state index >= 15 is 0 Å². The summed E-state index contributed by atoms with van der Waals surface area (Å²) in [4.78, 5) is 23.3. The first-order valence-electron chi connectivity index (χ1n) is 6.06. The summed E-state index contributed by atoms with van der Waals surface area (Å²) in [6.07, 6.45) is 1.61. The zero-order chi connectivity index (χ0) is 12.3. The van der Waals surface area contributed by atoms with Crippen LogP contribution in [-0.4, -0.2) is 23.9 Å². The van der Waals surface area contributed by atoms with Crippen molar-refractivity contribution in [3.05, 3.63) is 0 Å². The Balaban J connectivity index is 2.33. The van der Waals surface area contributed by atoms with Crippen molar-refractivity contribution in [2.24, 2.45) is 11.8 Å². The molecule has 0 heterocycles. The predicted octanol–water partition coefficient (Wildman–Crippen LogP) is 1.06. The standard InChI is InChI=1S/C12H22N2O2/c1-5-8(4)14-12(16)10-6-9(10)11(15)13-7(2)3/h7-10H,5-6H2,1-4H3,(H,13,15)(H,14,16). The highest BCUT2D eigenvalue weighted by atomic mass is 16.2. The SMILES string of the molecule is CCC(C)NC(=O)C1CC1C(=O)NC(C)C. The highest BCUT2D eigenvalue weighted by Gasteiger charge is 2.48. The lowest BCUT2D eigenvalue weighted by Gasteiger charge is -2.11. The van der Waals surface area contributed by atoms with Crippen LogP contribution in [0.5, 0.6) is 0 Å². The van der Waals surface area contributed by atoms with Gasteiger partial charge in [0.05, 0.1) is 11.8 Å². The van der Waals surface area contributed by atoms with Crippen LogP contribution in [0, 0.1) is 11.8 Å². The van der Waals surface area contributed by atoms with Gasteiger partial charge in [0.2, 0.25) is 11.8 Å². The molecular weight excluding hydrogens is 204 g/mol. The van der Waals surface area contributed by atoms with Gasteiger partial charge in [0.1, 0.15) is 0 Å². The zero-order valence-electron chi connectivity index (χ0n) is 10.5. The van der Waals surface area contributed by atoms with Crippen molar-refractivity contribution in [3.8, 4) is 0 Å². The topological polar surface area (TPSA) is 58.2 Å². The summed E-state index contributed by atoms with van der Waals surface area (Å²) < 4.78 is 0. The largest absolute Gasteiger partial charge is 0.354 e. The Labute approximate surface area is 97.2 Å². The molecule has 0 bridgehead atoms. The summed E-state index contributed by atoms with van der Waals surface area (Å²) >= 11 is 0. The quantitative estimate of drug-likeness (QED) is 0.736. The molecule has 3 atom stereocenters. The van der Waals surface area contributed by atoms with E-state index in [9.17, 15) is 9.59 Å². The molecule has 0 aliphatic heterocycles. The highest BCUT2D eigenvalue weighted by Crippen LogP contribution is 2.38. The van der Waals surface area contributed by atoms with E-state index in [2.05, 4.69) is 10.6 Å². The molecule has 0 spiro atoms. The van der Waals surface area contributed by atoms with Crippen LogP contribution in [0.25, 0.3) is 0 Å². The number of hydrogen-bond donors (Lipinski definition) is 2. The summed E-state index contributed by atoms with van der Waals surface area (Å²) in [7, 11) is 0. The number of amides is 2. The van der Waals surface area contributed by atoms with Gasteiger partial charge in [0, 0.05) is 12.1 Å². The molecule has 2 amide bonds. The summed E-state index contributed by atoms with van der Waals surface area (Å²) in [5.74, 6) is -0.170. The molecule has 0 aromatic rings. The molecule has 92 valence electrons. The Morgan fingerprint density at radius 2 is 1.62 bits per heavy atom. The van der Waals surface area contributed by atoms with E-state index in [1.807, 2.05) is 27.7 Å². The van der Waals surface area contributed by atoms with Gasteiger partial charge >= 0.3 is 0 Å². The lowest BCUT2D eigenvalue weighted by atomic mass is 10.2. The van der Waals surface area contributed by atoms with Gasteiger partial charge in [0.15, 0.2) is 0 Å². The number of nitrogens with one attached hydrogen (secondary N) is 2. The second-order valence-corrected chi connectivity index (χ2v) is 4.93. The Bertz CT molecular complexity index is 276. The molecule has 1 aliphatic carbocycles. The van der Waals surface area contributed by atoms with Crippen LogP contribution in [0.15, 0.2) is 0 Å². The monoisotopic (exact) mass is 226 g/mol. The second-order valence-electron chi connectivity index (χ2n) is 4.93. The second kappa shape index (κ2) is 5.32. The number of carbonyl (C=O) groups excluding carboxylic acids is 2. The molecule has 4 nitrogen and oxygen atoms in total. The third-order valence-corrected chi connectivity index (χ3v) is 2.90. The molecule has 1 saturated carbocycles. The molecule has 0 radical (unpaired) electrons. The zero-order valence-corrected chi connectivity index (χ0v) is 10.5. The minimum atomic E-state index is -0.105. The molecule has 3 unspecified atom stereocenters. The van der Waals surface area contributed by atoms with Gasteiger partial charge in [-0.3, -0.25) is 9.59 Å². The van der Waals surface area contributed by atoms with Crippen molar-refractivity contribution in [1.82, 2.24) is 10.6 Å². The van der Waals surface area contributed by atoms with Crippen LogP contribution in [0.3, 0.4) is 0 Å². The minimum absolute atomic E-state index is 0.0132. The molecule has 0 aromatic heterocycles. The van der Waals surface area contributed by atoms with E-state index in [0.717, 1.165) is 6.42 Å².